The van der Waals surface area contributed by atoms with Crippen molar-refractivity contribution in [1.82, 2.24) is 14.5 Å². The monoisotopic (exact) mass is 377 g/mol. The quantitative estimate of drug-likeness (QED) is 0.647. The van der Waals surface area contributed by atoms with Gasteiger partial charge < -0.3 is 9.47 Å². The molecule has 1 aromatic heterocycles. The minimum absolute atomic E-state index is 0.0447. The topological polar surface area (TPSA) is 38.1 Å². The Kier molecular flexibility index (Phi) is 5.24. The van der Waals surface area contributed by atoms with E-state index in [1.807, 2.05) is 27.7 Å². The smallest absolute Gasteiger partial charge is 0.272 e. The highest BCUT2D eigenvalue weighted by Crippen LogP contribution is 2.31. The summed E-state index contributed by atoms with van der Waals surface area (Å²) in [6.07, 6.45) is 6.69. The third kappa shape index (κ3) is 3.57. The Morgan fingerprint density at radius 2 is 1.75 bits per heavy atom. The summed E-state index contributed by atoms with van der Waals surface area (Å²) in [5.74, 6) is -0.207. The molecule has 0 saturated carbocycles. The lowest BCUT2D eigenvalue weighted by molar-refractivity contribution is 0.0712. The fraction of sp³-hybridized carbons (Fsp3) is 0.304. The zero-order valence-electron chi connectivity index (χ0n) is 16.0. The number of rotatable bonds is 4. The van der Waals surface area contributed by atoms with E-state index in [2.05, 4.69) is 18.0 Å². The lowest BCUT2D eigenvalue weighted by atomic mass is 9.95. The van der Waals surface area contributed by atoms with Crippen LogP contribution in [0.3, 0.4) is 0 Å². The molecule has 4 nitrogen and oxygen atoms in total. The van der Waals surface area contributed by atoms with Gasteiger partial charge in [-0.1, -0.05) is 36.4 Å². The van der Waals surface area contributed by atoms with E-state index in [4.69, 9.17) is 0 Å². The van der Waals surface area contributed by atoms with E-state index in [0.29, 0.717) is 5.69 Å². The molecule has 2 aromatic carbocycles. The van der Waals surface area contributed by atoms with Crippen molar-refractivity contribution in [2.24, 2.45) is 0 Å². The van der Waals surface area contributed by atoms with E-state index in [9.17, 15) is 9.18 Å². The first-order valence-electron chi connectivity index (χ1n) is 9.81. The second kappa shape index (κ2) is 7.97. The molecule has 1 unspecified atom stereocenters. The molecule has 1 fully saturated rings. The van der Waals surface area contributed by atoms with Crippen LogP contribution in [0.2, 0.25) is 0 Å². The van der Waals surface area contributed by atoms with Crippen LogP contribution < -0.4 is 0 Å². The zero-order chi connectivity index (χ0) is 19.5. The predicted octanol–water partition coefficient (Wildman–Crippen LogP) is 4.92. The van der Waals surface area contributed by atoms with Gasteiger partial charge in [-0.2, -0.15) is 0 Å². The third-order valence-corrected chi connectivity index (χ3v) is 5.51. The molecule has 0 bridgehead atoms. The summed E-state index contributed by atoms with van der Waals surface area (Å²) in [6, 6.07) is 14.5. The van der Waals surface area contributed by atoms with Gasteiger partial charge in [-0.05, 0) is 55.0 Å². The van der Waals surface area contributed by atoms with Crippen LogP contribution in [0.4, 0.5) is 4.39 Å². The van der Waals surface area contributed by atoms with E-state index >= 15 is 0 Å². The van der Waals surface area contributed by atoms with Crippen LogP contribution >= 0.6 is 0 Å². The number of amides is 1. The average Bonchev–Trinajstić information content (AvgIpc) is 3.24. The van der Waals surface area contributed by atoms with Crippen LogP contribution in [0.1, 0.15) is 48.3 Å². The van der Waals surface area contributed by atoms with E-state index < -0.39 is 0 Å². The van der Waals surface area contributed by atoms with Crippen LogP contribution in [0.15, 0.2) is 61.1 Å². The highest BCUT2D eigenvalue weighted by Gasteiger charge is 2.24. The maximum atomic E-state index is 13.3. The fourth-order valence-corrected chi connectivity index (χ4v) is 3.94. The standard InChI is InChI=1S/C23H24FN3O/c1-17(20-7-3-4-8-21(20)18-9-11-19(24)12-10-18)27-16-25-15-22(27)23(28)26-13-5-2-6-14-26/h3-4,7-12,15-17H,2,5-6,13-14H2,1H3. The Labute approximate surface area is 164 Å². The molecule has 0 N–H and O–H groups in total. The van der Waals surface area contributed by atoms with Gasteiger partial charge in [0.25, 0.3) is 5.91 Å². The average molecular weight is 377 g/mol. The Morgan fingerprint density at radius 3 is 2.50 bits per heavy atom. The maximum Gasteiger partial charge on any atom is 0.272 e. The first-order chi connectivity index (χ1) is 13.6. The van der Waals surface area contributed by atoms with Crippen LogP contribution in [-0.4, -0.2) is 33.4 Å². The summed E-state index contributed by atoms with van der Waals surface area (Å²) in [4.78, 5) is 19.2. The highest BCUT2D eigenvalue weighted by atomic mass is 19.1. The number of benzene rings is 2. The molecule has 5 heteroatoms. The van der Waals surface area contributed by atoms with Crippen molar-refractivity contribution in [3.63, 3.8) is 0 Å². The molecular weight excluding hydrogens is 353 g/mol. The van der Waals surface area contributed by atoms with Gasteiger partial charge in [-0.3, -0.25) is 4.79 Å². The van der Waals surface area contributed by atoms with Crippen LogP contribution in [0.5, 0.6) is 0 Å². The summed E-state index contributed by atoms with van der Waals surface area (Å²) < 4.78 is 15.3. The lowest BCUT2D eigenvalue weighted by Gasteiger charge is -2.28. The van der Waals surface area contributed by atoms with Gasteiger partial charge in [-0.15, -0.1) is 0 Å². The van der Waals surface area contributed by atoms with Crippen LogP contribution in [0, 0.1) is 5.82 Å². The number of hydrogen-bond acceptors (Lipinski definition) is 2. The number of carbonyl (C=O) groups excluding carboxylic acids is 1. The van der Waals surface area contributed by atoms with Crippen molar-refractivity contribution in [1.29, 1.82) is 0 Å². The van der Waals surface area contributed by atoms with Crippen molar-refractivity contribution in [3.8, 4) is 11.1 Å². The SMILES string of the molecule is CC(c1ccccc1-c1ccc(F)cc1)n1cncc1C(=O)N1CCCCC1. The molecule has 1 aliphatic rings. The lowest BCUT2D eigenvalue weighted by Crippen LogP contribution is -2.37. The van der Waals surface area contributed by atoms with Crippen molar-refractivity contribution in [2.45, 2.75) is 32.2 Å². The second-order valence-electron chi connectivity index (χ2n) is 7.31. The predicted molar refractivity (Wildman–Crippen MR) is 108 cm³/mol. The molecule has 4 rings (SSSR count). The summed E-state index contributed by atoms with van der Waals surface area (Å²) >= 11 is 0. The molecule has 1 amide bonds. The van der Waals surface area contributed by atoms with Gasteiger partial charge in [0.05, 0.1) is 18.6 Å². The van der Waals surface area contributed by atoms with Crippen molar-refractivity contribution in [3.05, 3.63) is 78.1 Å². The van der Waals surface area contributed by atoms with Gasteiger partial charge in [0.2, 0.25) is 0 Å². The molecule has 0 aliphatic carbocycles. The largest absolute Gasteiger partial charge is 0.337 e. The van der Waals surface area contributed by atoms with Gasteiger partial charge in [0.1, 0.15) is 11.5 Å². The number of aromatic nitrogens is 2. The number of halogens is 1. The highest BCUT2D eigenvalue weighted by molar-refractivity contribution is 5.92. The minimum atomic E-state index is -0.252. The summed E-state index contributed by atoms with van der Waals surface area (Å²) in [5, 5.41) is 0. The maximum absolute atomic E-state index is 13.3. The van der Waals surface area contributed by atoms with Crippen LogP contribution in [-0.2, 0) is 0 Å². The molecule has 0 spiro atoms. The normalized spacial score (nSPS) is 15.4. The molecule has 2 heterocycles. The molecule has 1 aliphatic heterocycles. The number of nitrogens with zero attached hydrogens (tertiary/aromatic N) is 3. The Bertz CT molecular complexity index is 958. The Morgan fingerprint density at radius 1 is 1.04 bits per heavy atom. The molecular formula is C23H24FN3O. The first-order valence-corrected chi connectivity index (χ1v) is 9.81. The zero-order valence-corrected chi connectivity index (χ0v) is 16.0. The number of imidazole rings is 1. The molecule has 1 atom stereocenters. The minimum Gasteiger partial charge on any atom is -0.337 e. The van der Waals surface area contributed by atoms with Gasteiger partial charge in [-0.25, -0.2) is 9.37 Å². The van der Waals surface area contributed by atoms with Crippen molar-refractivity contribution < 1.29 is 9.18 Å². The van der Waals surface area contributed by atoms with Gasteiger partial charge >= 0.3 is 0 Å². The van der Waals surface area contributed by atoms with E-state index in [1.54, 1.807) is 24.7 Å². The second-order valence-corrected chi connectivity index (χ2v) is 7.31. The Balaban J connectivity index is 1.68. The van der Waals surface area contributed by atoms with E-state index in [0.717, 1.165) is 42.6 Å². The molecule has 1 saturated heterocycles. The van der Waals surface area contributed by atoms with E-state index in [1.165, 1.54) is 18.6 Å². The van der Waals surface area contributed by atoms with E-state index in [-0.39, 0.29) is 17.8 Å². The number of hydrogen-bond donors (Lipinski definition) is 0. The van der Waals surface area contributed by atoms with Gasteiger partial charge in [0.15, 0.2) is 0 Å². The molecule has 28 heavy (non-hydrogen) atoms. The molecule has 3 aromatic rings. The number of carbonyl (C=O) groups is 1. The van der Waals surface area contributed by atoms with Gasteiger partial charge in [0, 0.05) is 13.1 Å². The first kappa shape index (κ1) is 18.4. The summed E-state index contributed by atoms with van der Waals surface area (Å²) in [6.45, 7) is 3.69. The third-order valence-electron chi connectivity index (χ3n) is 5.51. The summed E-state index contributed by atoms with van der Waals surface area (Å²) in [5.41, 5.74) is 3.66. The Hall–Kier alpha value is -2.95. The summed E-state index contributed by atoms with van der Waals surface area (Å²) in [7, 11) is 0. The van der Waals surface area contributed by atoms with Crippen molar-refractivity contribution >= 4 is 5.91 Å². The number of piperidine rings is 1. The van der Waals surface area contributed by atoms with Crippen molar-refractivity contribution in [2.75, 3.05) is 13.1 Å². The molecule has 0 radical (unpaired) electrons. The fourth-order valence-electron chi connectivity index (χ4n) is 3.94. The molecule has 144 valence electrons. The number of likely N-dealkylation sites (tertiary alicyclic amines) is 1. The van der Waals surface area contributed by atoms with Crippen LogP contribution in [0.25, 0.3) is 11.1 Å².